The Morgan fingerprint density at radius 2 is 2.25 bits per heavy atom. The standard InChI is InChI=1S/C16H21FN2O/c1-11-2-4-14(17)8-13(11)10-19-15-6-7-18-9-12(15)3-5-16(19)20/h2,4,8,12,15,18H,3,5-7,9-10H2,1H3. The molecule has 0 bridgehead atoms. The van der Waals surface area contributed by atoms with Gasteiger partial charge in [-0.05, 0) is 62.0 Å². The van der Waals surface area contributed by atoms with Crippen LogP contribution in [-0.4, -0.2) is 29.9 Å². The number of halogens is 1. The van der Waals surface area contributed by atoms with Gasteiger partial charge in [-0.15, -0.1) is 0 Å². The Kier molecular flexibility index (Phi) is 3.74. The molecule has 2 aliphatic rings. The van der Waals surface area contributed by atoms with Crippen LogP contribution in [0, 0.1) is 18.7 Å². The molecular formula is C16H21FN2O. The first-order valence-electron chi connectivity index (χ1n) is 7.40. The molecule has 3 nitrogen and oxygen atoms in total. The Bertz CT molecular complexity index is 517. The van der Waals surface area contributed by atoms with Crippen LogP contribution in [0.4, 0.5) is 4.39 Å². The van der Waals surface area contributed by atoms with Crippen molar-refractivity contribution in [2.75, 3.05) is 13.1 Å². The van der Waals surface area contributed by atoms with Crippen molar-refractivity contribution in [1.82, 2.24) is 10.2 Å². The van der Waals surface area contributed by atoms with E-state index in [4.69, 9.17) is 0 Å². The Labute approximate surface area is 119 Å². The van der Waals surface area contributed by atoms with Crippen molar-refractivity contribution in [3.8, 4) is 0 Å². The van der Waals surface area contributed by atoms with Crippen molar-refractivity contribution in [2.45, 2.75) is 38.8 Å². The quantitative estimate of drug-likeness (QED) is 0.898. The third kappa shape index (κ3) is 2.57. The van der Waals surface area contributed by atoms with Crippen molar-refractivity contribution < 1.29 is 9.18 Å². The van der Waals surface area contributed by atoms with E-state index in [0.717, 1.165) is 37.1 Å². The summed E-state index contributed by atoms with van der Waals surface area (Å²) in [4.78, 5) is 14.2. The minimum Gasteiger partial charge on any atom is -0.335 e. The molecule has 0 saturated carbocycles. The zero-order valence-electron chi connectivity index (χ0n) is 11.9. The number of aryl methyl sites for hydroxylation is 1. The second-order valence-electron chi connectivity index (χ2n) is 5.95. The topological polar surface area (TPSA) is 32.3 Å². The number of benzene rings is 1. The monoisotopic (exact) mass is 276 g/mol. The van der Waals surface area contributed by atoms with E-state index in [1.807, 2.05) is 11.8 Å². The fourth-order valence-electron chi connectivity index (χ4n) is 3.45. The van der Waals surface area contributed by atoms with Crippen LogP contribution in [0.2, 0.25) is 0 Å². The third-order valence-electron chi connectivity index (χ3n) is 4.67. The van der Waals surface area contributed by atoms with Crippen LogP contribution in [0.15, 0.2) is 18.2 Å². The third-order valence-corrected chi connectivity index (χ3v) is 4.67. The summed E-state index contributed by atoms with van der Waals surface area (Å²) in [7, 11) is 0. The number of likely N-dealkylation sites (tertiary alicyclic amines) is 1. The molecule has 0 aliphatic carbocycles. The highest BCUT2D eigenvalue weighted by atomic mass is 19.1. The van der Waals surface area contributed by atoms with Crippen molar-refractivity contribution in [2.24, 2.45) is 5.92 Å². The number of piperidine rings is 2. The summed E-state index contributed by atoms with van der Waals surface area (Å²) in [6.45, 7) is 4.48. The van der Waals surface area contributed by atoms with E-state index >= 15 is 0 Å². The van der Waals surface area contributed by atoms with Gasteiger partial charge in [-0.25, -0.2) is 4.39 Å². The highest BCUT2D eigenvalue weighted by Gasteiger charge is 2.37. The summed E-state index contributed by atoms with van der Waals surface area (Å²) in [6, 6.07) is 5.15. The van der Waals surface area contributed by atoms with E-state index in [1.165, 1.54) is 6.07 Å². The minimum atomic E-state index is -0.225. The van der Waals surface area contributed by atoms with Gasteiger partial charge in [0.05, 0.1) is 0 Å². The van der Waals surface area contributed by atoms with E-state index < -0.39 is 0 Å². The van der Waals surface area contributed by atoms with E-state index in [9.17, 15) is 9.18 Å². The van der Waals surface area contributed by atoms with Gasteiger partial charge in [0.15, 0.2) is 0 Å². The highest BCUT2D eigenvalue weighted by molar-refractivity contribution is 5.77. The smallest absolute Gasteiger partial charge is 0.223 e. The number of carbonyl (C=O) groups is 1. The van der Waals surface area contributed by atoms with Gasteiger partial charge < -0.3 is 10.2 Å². The van der Waals surface area contributed by atoms with Crippen molar-refractivity contribution in [3.63, 3.8) is 0 Å². The number of nitrogens with one attached hydrogen (secondary N) is 1. The number of rotatable bonds is 2. The molecule has 1 N–H and O–H groups in total. The van der Waals surface area contributed by atoms with E-state index in [-0.39, 0.29) is 11.7 Å². The molecule has 3 rings (SSSR count). The van der Waals surface area contributed by atoms with Gasteiger partial charge in [-0.3, -0.25) is 4.79 Å². The Hall–Kier alpha value is -1.42. The predicted octanol–water partition coefficient (Wildman–Crippen LogP) is 2.23. The maximum Gasteiger partial charge on any atom is 0.223 e. The van der Waals surface area contributed by atoms with Gasteiger partial charge in [0, 0.05) is 19.0 Å². The van der Waals surface area contributed by atoms with Crippen LogP contribution in [0.3, 0.4) is 0 Å². The summed E-state index contributed by atoms with van der Waals surface area (Å²) in [6.07, 6.45) is 2.61. The van der Waals surface area contributed by atoms with Gasteiger partial charge in [-0.1, -0.05) is 6.07 Å². The summed E-state index contributed by atoms with van der Waals surface area (Å²) in [5, 5.41) is 3.41. The molecule has 2 heterocycles. The number of nitrogens with zero attached hydrogens (tertiary/aromatic N) is 1. The largest absolute Gasteiger partial charge is 0.335 e. The molecule has 0 radical (unpaired) electrons. The van der Waals surface area contributed by atoms with Gasteiger partial charge in [0.2, 0.25) is 5.91 Å². The first kappa shape index (κ1) is 13.6. The van der Waals surface area contributed by atoms with Crippen molar-refractivity contribution in [3.05, 3.63) is 35.1 Å². The number of carbonyl (C=O) groups excluding carboxylic acids is 1. The second kappa shape index (κ2) is 5.52. The van der Waals surface area contributed by atoms with Crippen LogP contribution in [0.25, 0.3) is 0 Å². The van der Waals surface area contributed by atoms with E-state index in [1.54, 1.807) is 12.1 Å². The molecule has 0 aromatic heterocycles. The van der Waals surface area contributed by atoms with Crippen molar-refractivity contribution >= 4 is 5.91 Å². The van der Waals surface area contributed by atoms with Gasteiger partial charge in [0.1, 0.15) is 5.82 Å². The molecule has 2 aliphatic heterocycles. The number of hydrogen-bond donors (Lipinski definition) is 1. The molecule has 0 spiro atoms. The zero-order valence-corrected chi connectivity index (χ0v) is 11.9. The molecule has 1 aromatic rings. The number of fused-ring (bicyclic) bond motifs is 1. The van der Waals surface area contributed by atoms with Gasteiger partial charge >= 0.3 is 0 Å². The highest BCUT2D eigenvalue weighted by Crippen LogP contribution is 2.30. The lowest BCUT2D eigenvalue weighted by molar-refractivity contribution is -0.140. The summed E-state index contributed by atoms with van der Waals surface area (Å²) < 4.78 is 13.4. The van der Waals surface area contributed by atoms with E-state index in [0.29, 0.717) is 24.9 Å². The molecule has 2 fully saturated rings. The molecule has 2 saturated heterocycles. The first-order chi connectivity index (χ1) is 9.65. The zero-order chi connectivity index (χ0) is 14.1. The van der Waals surface area contributed by atoms with Crippen LogP contribution in [0.5, 0.6) is 0 Å². The average Bonchev–Trinajstić information content (AvgIpc) is 2.46. The summed E-state index contributed by atoms with van der Waals surface area (Å²) >= 11 is 0. The SMILES string of the molecule is Cc1ccc(F)cc1CN1C(=O)CCC2CNCCC21. The fraction of sp³-hybridized carbons (Fsp3) is 0.562. The Balaban J connectivity index is 1.83. The Morgan fingerprint density at radius 1 is 1.40 bits per heavy atom. The Morgan fingerprint density at radius 3 is 3.10 bits per heavy atom. The predicted molar refractivity (Wildman–Crippen MR) is 75.7 cm³/mol. The average molecular weight is 276 g/mol. The lowest BCUT2D eigenvalue weighted by atomic mass is 9.84. The van der Waals surface area contributed by atoms with Crippen LogP contribution < -0.4 is 5.32 Å². The molecule has 2 unspecified atom stereocenters. The maximum atomic E-state index is 13.4. The van der Waals surface area contributed by atoms with Crippen LogP contribution >= 0.6 is 0 Å². The van der Waals surface area contributed by atoms with Crippen LogP contribution in [-0.2, 0) is 11.3 Å². The molecule has 1 amide bonds. The van der Waals surface area contributed by atoms with Crippen molar-refractivity contribution in [1.29, 1.82) is 0 Å². The maximum absolute atomic E-state index is 13.4. The molecule has 2 atom stereocenters. The molecule has 1 aromatic carbocycles. The minimum absolute atomic E-state index is 0.219. The number of hydrogen-bond acceptors (Lipinski definition) is 2. The number of amides is 1. The normalized spacial score (nSPS) is 26.5. The summed E-state index contributed by atoms with van der Waals surface area (Å²) in [5.41, 5.74) is 1.98. The van der Waals surface area contributed by atoms with E-state index in [2.05, 4.69) is 5.32 Å². The fourth-order valence-corrected chi connectivity index (χ4v) is 3.45. The molecule has 4 heteroatoms. The second-order valence-corrected chi connectivity index (χ2v) is 5.95. The molecular weight excluding hydrogens is 255 g/mol. The molecule has 20 heavy (non-hydrogen) atoms. The van der Waals surface area contributed by atoms with Crippen LogP contribution in [0.1, 0.15) is 30.4 Å². The lowest BCUT2D eigenvalue weighted by Crippen LogP contribution is -2.54. The molecule has 108 valence electrons. The summed E-state index contributed by atoms with van der Waals surface area (Å²) in [5.74, 6) is 0.545. The first-order valence-corrected chi connectivity index (χ1v) is 7.40. The van der Waals surface area contributed by atoms with Gasteiger partial charge in [0.25, 0.3) is 0 Å². The lowest BCUT2D eigenvalue weighted by Gasteiger charge is -2.44. The van der Waals surface area contributed by atoms with Gasteiger partial charge in [-0.2, -0.15) is 0 Å².